The SMILES string of the molecule is CC1(C)CCC(C)(C)c2c1cc(-c1ccc(C(=O)c3ccccc3C(=O)O)cc1)c(OCC(F)F)c2[N+](=O)[O-]. The Hall–Kier alpha value is -4.14. The minimum Gasteiger partial charge on any atom is -0.480 e. The van der Waals surface area contributed by atoms with Crippen LogP contribution in [0.4, 0.5) is 14.5 Å². The van der Waals surface area contributed by atoms with E-state index < -0.39 is 40.5 Å². The number of carboxylic acid groups (broad SMARTS) is 1. The highest BCUT2D eigenvalue weighted by Crippen LogP contribution is 2.54. The smallest absolute Gasteiger partial charge is 0.336 e. The number of alkyl halides is 2. The van der Waals surface area contributed by atoms with Crippen molar-refractivity contribution in [1.82, 2.24) is 0 Å². The number of carboxylic acids is 1. The fraction of sp³-hybridized carbons (Fsp3) is 0.333. The molecule has 204 valence electrons. The lowest BCUT2D eigenvalue weighted by molar-refractivity contribution is -0.387. The molecule has 9 heteroatoms. The molecule has 0 spiro atoms. The lowest BCUT2D eigenvalue weighted by Gasteiger charge is -2.41. The van der Waals surface area contributed by atoms with E-state index in [1.54, 1.807) is 24.3 Å². The maximum absolute atomic E-state index is 13.2. The van der Waals surface area contributed by atoms with Gasteiger partial charge in [-0.15, -0.1) is 0 Å². The van der Waals surface area contributed by atoms with Crippen molar-refractivity contribution in [3.05, 3.63) is 92.5 Å². The summed E-state index contributed by atoms with van der Waals surface area (Å²) in [5.41, 5.74) is 0.716. The van der Waals surface area contributed by atoms with E-state index in [2.05, 4.69) is 0 Å². The van der Waals surface area contributed by atoms with Gasteiger partial charge in [-0.1, -0.05) is 70.2 Å². The van der Waals surface area contributed by atoms with E-state index in [9.17, 15) is 33.6 Å². The number of ether oxygens (including phenoxy) is 1. The Morgan fingerprint density at radius 3 is 2.15 bits per heavy atom. The maximum atomic E-state index is 13.2. The molecule has 0 heterocycles. The Labute approximate surface area is 224 Å². The van der Waals surface area contributed by atoms with Crippen LogP contribution in [0.25, 0.3) is 11.1 Å². The number of hydrogen-bond acceptors (Lipinski definition) is 5. The van der Waals surface area contributed by atoms with E-state index in [-0.39, 0.29) is 33.7 Å². The number of nitro groups is 1. The monoisotopic (exact) mass is 537 g/mol. The standard InChI is InChI=1S/C30H29F2NO6/c1-29(2)13-14-30(3,4)24-22(29)15-21(27(25(24)33(37)38)39-16-23(31)32)17-9-11-18(12-10-17)26(34)19-7-5-6-8-20(19)28(35)36/h5-12,15,23H,13-14,16H2,1-4H3,(H,35,36). The first-order chi connectivity index (χ1) is 18.2. The normalized spacial score (nSPS) is 15.5. The predicted molar refractivity (Wildman–Crippen MR) is 142 cm³/mol. The molecular weight excluding hydrogens is 508 g/mol. The lowest BCUT2D eigenvalue weighted by Crippen LogP contribution is -2.35. The van der Waals surface area contributed by atoms with E-state index in [0.29, 0.717) is 17.5 Å². The maximum Gasteiger partial charge on any atom is 0.336 e. The Bertz CT molecular complexity index is 1460. The predicted octanol–water partition coefficient (Wildman–Crippen LogP) is 7.18. The largest absolute Gasteiger partial charge is 0.480 e. The summed E-state index contributed by atoms with van der Waals surface area (Å²) in [7, 11) is 0. The summed E-state index contributed by atoms with van der Waals surface area (Å²) in [5.74, 6) is -1.98. The minimum atomic E-state index is -2.84. The minimum absolute atomic E-state index is 0.0205. The highest BCUT2D eigenvalue weighted by atomic mass is 19.3. The summed E-state index contributed by atoms with van der Waals surface area (Å²) in [5, 5.41) is 21.9. The number of fused-ring (bicyclic) bond motifs is 1. The molecule has 0 aliphatic heterocycles. The molecule has 0 aromatic heterocycles. The Kier molecular flexibility index (Phi) is 7.29. The van der Waals surface area contributed by atoms with Crippen molar-refractivity contribution < 1.29 is 33.1 Å². The third kappa shape index (κ3) is 5.26. The second kappa shape index (κ2) is 10.2. The van der Waals surface area contributed by atoms with Crippen LogP contribution in [0.5, 0.6) is 5.75 Å². The zero-order valence-corrected chi connectivity index (χ0v) is 22.1. The van der Waals surface area contributed by atoms with Crippen molar-refractivity contribution in [2.75, 3.05) is 6.61 Å². The zero-order chi connectivity index (χ0) is 28.7. The number of ketones is 1. The van der Waals surface area contributed by atoms with E-state index in [1.165, 1.54) is 30.3 Å². The third-order valence-electron chi connectivity index (χ3n) is 7.43. The molecule has 0 atom stereocenters. The van der Waals surface area contributed by atoms with Crippen molar-refractivity contribution in [3.63, 3.8) is 0 Å². The van der Waals surface area contributed by atoms with Gasteiger partial charge >= 0.3 is 11.7 Å². The fourth-order valence-electron chi connectivity index (χ4n) is 5.26. The molecule has 0 saturated carbocycles. The summed E-state index contributed by atoms with van der Waals surface area (Å²) in [4.78, 5) is 36.6. The van der Waals surface area contributed by atoms with Crippen molar-refractivity contribution in [2.45, 2.75) is 57.8 Å². The second-order valence-corrected chi connectivity index (χ2v) is 11.0. The van der Waals surface area contributed by atoms with Crippen LogP contribution in [0.2, 0.25) is 0 Å². The molecule has 1 N–H and O–H groups in total. The topological polar surface area (TPSA) is 107 Å². The molecule has 3 aromatic rings. The van der Waals surface area contributed by atoms with Crippen LogP contribution >= 0.6 is 0 Å². The molecule has 4 rings (SSSR count). The average Bonchev–Trinajstić information content (AvgIpc) is 2.88. The lowest BCUT2D eigenvalue weighted by atomic mass is 9.62. The van der Waals surface area contributed by atoms with Crippen LogP contribution in [0.3, 0.4) is 0 Å². The fourth-order valence-corrected chi connectivity index (χ4v) is 5.26. The highest BCUT2D eigenvalue weighted by Gasteiger charge is 2.45. The molecule has 0 unspecified atom stereocenters. The number of benzene rings is 3. The van der Waals surface area contributed by atoms with Crippen LogP contribution in [-0.4, -0.2) is 34.8 Å². The van der Waals surface area contributed by atoms with Gasteiger partial charge in [0.05, 0.1) is 10.5 Å². The van der Waals surface area contributed by atoms with Gasteiger partial charge in [0, 0.05) is 22.3 Å². The number of rotatable bonds is 8. The van der Waals surface area contributed by atoms with Gasteiger partial charge in [0.2, 0.25) is 5.75 Å². The number of nitro benzene ring substituents is 1. The van der Waals surface area contributed by atoms with Gasteiger partial charge in [0.1, 0.15) is 6.61 Å². The van der Waals surface area contributed by atoms with E-state index in [4.69, 9.17) is 4.74 Å². The first-order valence-corrected chi connectivity index (χ1v) is 12.5. The van der Waals surface area contributed by atoms with Gasteiger partial charge < -0.3 is 9.84 Å². The molecule has 0 fully saturated rings. The van der Waals surface area contributed by atoms with Crippen LogP contribution in [0.15, 0.2) is 54.6 Å². The molecule has 7 nitrogen and oxygen atoms in total. The van der Waals surface area contributed by atoms with Crippen molar-refractivity contribution >= 4 is 17.4 Å². The molecule has 39 heavy (non-hydrogen) atoms. The molecule has 0 amide bonds. The van der Waals surface area contributed by atoms with Gasteiger partial charge in [-0.2, -0.15) is 0 Å². The van der Waals surface area contributed by atoms with Crippen LogP contribution in [0, 0.1) is 10.1 Å². The number of carbonyl (C=O) groups excluding carboxylic acids is 1. The Morgan fingerprint density at radius 2 is 1.59 bits per heavy atom. The van der Waals surface area contributed by atoms with Gasteiger partial charge in [0.15, 0.2) is 5.78 Å². The number of halogens is 2. The Morgan fingerprint density at radius 1 is 1.00 bits per heavy atom. The molecule has 0 radical (unpaired) electrons. The van der Waals surface area contributed by atoms with Crippen LogP contribution in [0.1, 0.15) is 77.9 Å². The van der Waals surface area contributed by atoms with Gasteiger partial charge in [0.25, 0.3) is 6.43 Å². The zero-order valence-electron chi connectivity index (χ0n) is 22.1. The van der Waals surface area contributed by atoms with Gasteiger partial charge in [-0.25, -0.2) is 13.6 Å². The summed E-state index contributed by atoms with van der Waals surface area (Å²) in [6, 6.07) is 13.7. The number of hydrogen-bond donors (Lipinski definition) is 1. The van der Waals surface area contributed by atoms with Crippen molar-refractivity contribution in [2.24, 2.45) is 0 Å². The summed E-state index contributed by atoms with van der Waals surface area (Å²) < 4.78 is 31.9. The van der Waals surface area contributed by atoms with Crippen LogP contribution < -0.4 is 4.74 Å². The van der Waals surface area contributed by atoms with Crippen molar-refractivity contribution in [3.8, 4) is 16.9 Å². The molecule has 1 aliphatic carbocycles. The van der Waals surface area contributed by atoms with Crippen molar-refractivity contribution in [1.29, 1.82) is 0 Å². The van der Waals surface area contributed by atoms with E-state index in [0.717, 1.165) is 12.0 Å². The molecule has 0 bridgehead atoms. The van der Waals surface area contributed by atoms with Crippen LogP contribution in [-0.2, 0) is 10.8 Å². The van der Waals surface area contributed by atoms with Gasteiger partial charge in [-0.05, 0) is 46.9 Å². The average molecular weight is 538 g/mol. The number of carbonyl (C=O) groups is 2. The molecule has 0 saturated heterocycles. The first kappa shape index (κ1) is 27.9. The summed E-state index contributed by atoms with van der Waals surface area (Å²) in [6.45, 7) is 6.78. The highest BCUT2D eigenvalue weighted by molar-refractivity contribution is 6.14. The van der Waals surface area contributed by atoms with Gasteiger partial charge in [-0.3, -0.25) is 14.9 Å². The van der Waals surface area contributed by atoms with E-state index >= 15 is 0 Å². The third-order valence-corrected chi connectivity index (χ3v) is 7.43. The quantitative estimate of drug-likeness (QED) is 0.185. The second-order valence-electron chi connectivity index (χ2n) is 11.0. The first-order valence-electron chi connectivity index (χ1n) is 12.5. The summed E-state index contributed by atoms with van der Waals surface area (Å²) >= 11 is 0. The number of nitrogens with zero attached hydrogens (tertiary/aromatic N) is 1. The Balaban J connectivity index is 1.90. The summed E-state index contributed by atoms with van der Waals surface area (Å²) in [6.07, 6.45) is -1.39. The number of aromatic carboxylic acids is 1. The van der Waals surface area contributed by atoms with E-state index in [1.807, 2.05) is 27.7 Å². The molecule has 1 aliphatic rings. The molecular formula is C30H29F2NO6. The molecule has 3 aromatic carbocycles.